The van der Waals surface area contributed by atoms with Gasteiger partial charge < -0.3 is 14.2 Å². The van der Waals surface area contributed by atoms with Gasteiger partial charge in [-0.25, -0.2) is 0 Å². The molecule has 0 aromatic heterocycles. The maximum atomic E-state index is 12.8. The highest BCUT2D eigenvalue weighted by molar-refractivity contribution is 5.71. The molecule has 6 nitrogen and oxygen atoms in total. The molecule has 0 aliphatic rings. The van der Waals surface area contributed by atoms with Gasteiger partial charge in [-0.05, 0) is 89.9 Å². The minimum Gasteiger partial charge on any atom is -0.462 e. The summed E-state index contributed by atoms with van der Waals surface area (Å²) in [5, 5.41) is 0. The number of hydrogen-bond acceptors (Lipinski definition) is 6. The van der Waals surface area contributed by atoms with Crippen LogP contribution >= 0.6 is 0 Å². The Morgan fingerprint density at radius 1 is 0.333 bits per heavy atom. The number of ether oxygens (including phenoxy) is 3. The first-order valence-electron chi connectivity index (χ1n) is 26.4. The van der Waals surface area contributed by atoms with Gasteiger partial charge in [-0.1, -0.05) is 216 Å². The van der Waals surface area contributed by atoms with Crippen LogP contribution in [0.5, 0.6) is 0 Å². The summed E-state index contributed by atoms with van der Waals surface area (Å²) in [4.78, 5) is 38.0. The van der Waals surface area contributed by atoms with Gasteiger partial charge in [-0.15, -0.1) is 0 Å². The van der Waals surface area contributed by atoms with E-state index in [2.05, 4.69) is 93.7 Å². The number of carbonyl (C=O) groups excluding carboxylic acids is 3. The van der Waals surface area contributed by atoms with Gasteiger partial charge >= 0.3 is 17.9 Å². The number of allylic oxidation sites excluding steroid dienone is 12. The molecule has 0 N–H and O–H groups in total. The van der Waals surface area contributed by atoms with E-state index in [0.717, 1.165) is 89.9 Å². The summed E-state index contributed by atoms with van der Waals surface area (Å²) in [7, 11) is 0. The third-order valence-electron chi connectivity index (χ3n) is 11.2. The molecule has 0 heterocycles. The minimum atomic E-state index is -0.791. The summed E-state index contributed by atoms with van der Waals surface area (Å²) in [5.41, 5.74) is 0. The summed E-state index contributed by atoms with van der Waals surface area (Å²) in [6.07, 6.45) is 64.6. The van der Waals surface area contributed by atoms with E-state index in [1.165, 1.54) is 122 Å². The van der Waals surface area contributed by atoms with Crippen LogP contribution in [0.2, 0.25) is 0 Å². The van der Waals surface area contributed by atoms with E-state index in [-0.39, 0.29) is 31.1 Å². The van der Waals surface area contributed by atoms with E-state index in [4.69, 9.17) is 14.2 Å². The molecule has 0 bridgehead atoms. The van der Waals surface area contributed by atoms with Crippen LogP contribution in [0, 0.1) is 0 Å². The van der Waals surface area contributed by atoms with Gasteiger partial charge in [0, 0.05) is 19.3 Å². The molecule has 0 aliphatic carbocycles. The average Bonchev–Trinajstić information content (AvgIpc) is 3.28. The third-order valence-corrected chi connectivity index (χ3v) is 11.2. The highest BCUT2D eigenvalue weighted by atomic mass is 16.6. The monoisotopic (exact) mass is 879 g/mol. The van der Waals surface area contributed by atoms with Crippen molar-refractivity contribution in [1.29, 1.82) is 0 Å². The van der Waals surface area contributed by atoms with Crippen molar-refractivity contribution in [2.75, 3.05) is 13.2 Å². The first kappa shape index (κ1) is 59.9. The number of unbranched alkanes of at least 4 members (excludes halogenated alkanes) is 24. The molecule has 0 fully saturated rings. The smallest absolute Gasteiger partial charge is 0.306 e. The van der Waals surface area contributed by atoms with Crippen molar-refractivity contribution in [2.45, 2.75) is 258 Å². The van der Waals surface area contributed by atoms with Crippen LogP contribution < -0.4 is 0 Å². The van der Waals surface area contributed by atoms with Crippen LogP contribution in [-0.4, -0.2) is 37.2 Å². The molecule has 1 atom stereocenters. The second-order valence-corrected chi connectivity index (χ2v) is 17.4. The summed E-state index contributed by atoms with van der Waals surface area (Å²) >= 11 is 0. The topological polar surface area (TPSA) is 78.9 Å². The Balaban J connectivity index is 4.38. The Morgan fingerprint density at radius 2 is 0.619 bits per heavy atom. The molecule has 0 saturated heterocycles. The van der Waals surface area contributed by atoms with E-state index in [1.54, 1.807) is 0 Å². The third kappa shape index (κ3) is 49.7. The SMILES string of the molecule is CC/C=C\C/C=C\C/C=C\C/C=C\CCCCC(=O)OC[C@H](COC(=O)CCCCCCCCCCC/C=C\C/C=C\CCCCC)OC(=O)CCCCCCCCCCCCC. The van der Waals surface area contributed by atoms with Crippen molar-refractivity contribution in [1.82, 2.24) is 0 Å². The lowest BCUT2D eigenvalue weighted by Crippen LogP contribution is -2.30. The lowest BCUT2D eigenvalue weighted by atomic mass is 10.1. The Bertz CT molecular complexity index is 1190. The number of hydrogen-bond donors (Lipinski definition) is 0. The molecule has 0 radical (unpaired) electrons. The fraction of sp³-hybridized carbons (Fsp3) is 0.737. The fourth-order valence-electron chi connectivity index (χ4n) is 7.23. The van der Waals surface area contributed by atoms with E-state index in [1.807, 2.05) is 0 Å². The summed E-state index contributed by atoms with van der Waals surface area (Å²) in [6.45, 7) is 6.46. The van der Waals surface area contributed by atoms with Gasteiger partial charge in [-0.2, -0.15) is 0 Å². The highest BCUT2D eigenvalue weighted by Gasteiger charge is 2.19. The molecule has 0 rings (SSSR count). The van der Waals surface area contributed by atoms with Gasteiger partial charge in [0.05, 0.1) is 0 Å². The standard InChI is InChI=1S/C57H98O6/c1-4-7-10-13-16-19-22-24-26-27-28-29-31-33-36-38-41-44-47-50-56(59)62-53-54(63-57(60)51-48-45-42-39-34-21-18-15-12-9-6-3)52-61-55(58)49-46-43-40-37-35-32-30-25-23-20-17-14-11-8-5-2/h8,11,16-17,19-20,24-26,30,35,37,54H,4-7,9-10,12-15,18,21-23,27-29,31-34,36,38-53H2,1-3H3/b11-8-,19-16-,20-17-,26-24-,30-25-,37-35-/t54-/m1/s1. The minimum absolute atomic E-state index is 0.0894. The lowest BCUT2D eigenvalue weighted by molar-refractivity contribution is -0.167. The zero-order valence-electron chi connectivity index (χ0n) is 41.3. The highest BCUT2D eigenvalue weighted by Crippen LogP contribution is 2.15. The normalized spacial score (nSPS) is 12.6. The number of carbonyl (C=O) groups is 3. The van der Waals surface area contributed by atoms with E-state index in [9.17, 15) is 14.4 Å². The average molecular weight is 879 g/mol. The van der Waals surface area contributed by atoms with Crippen molar-refractivity contribution in [2.24, 2.45) is 0 Å². The molecule has 0 amide bonds. The fourth-order valence-corrected chi connectivity index (χ4v) is 7.23. The quantitative estimate of drug-likeness (QED) is 0.0262. The second kappa shape index (κ2) is 51.5. The number of esters is 3. The Kier molecular flexibility index (Phi) is 48.9. The molecule has 0 aromatic rings. The van der Waals surface area contributed by atoms with Gasteiger partial charge in [0.25, 0.3) is 0 Å². The Labute approximate surface area is 389 Å². The zero-order chi connectivity index (χ0) is 45.8. The Hall–Kier alpha value is -3.15. The molecular formula is C57H98O6. The largest absolute Gasteiger partial charge is 0.462 e. The van der Waals surface area contributed by atoms with Gasteiger partial charge in [0.1, 0.15) is 13.2 Å². The van der Waals surface area contributed by atoms with Crippen molar-refractivity contribution in [3.63, 3.8) is 0 Å². The molecule has 0 unspecified atom stereocenters. The van der Waals surface area contributed by atoms with Gasteiger partial charge in [0.15, 0.2) is 6.10 Å². The predicted molar refractivity (Wildman–Crippen MR) is 270 cm³/mol. The van der Waals surface area contributed by atoms with Crippen molar-refractivity contribution in [3.8, 4) is 0 Å². The first-order chi connectivity index (χ1) is 31.0. The van der Waals surface area contributed by atoms with Gasteiger partial charge in [0.2, 0.25) is 0 Å². The van der Waals surface area contributed by atoms with Crippen LogP contribution in [-0.2, 0) is 28.6 Å². The maximum absolute atomic E-state index is 12.8. The summed E-state index contributed by atoms with van der Waals surface area (Å²) in [6, 6.07) is 0. The molecule has 0 spiro atoms. The Morgan fingerprint density at radius 3 is 1.03 bits per heavy atom. The van der Waals surface area contributed by atoms with Crippen molar-refractivity contribution in [3.05, 3.63) is 72.9 Å². The van der Waals surface area contributed by atoms with E-state index < -0.39 is 6.10 Å². The molecule has 63 heavy (non-hydrogen) atoms. The maximum Gasteiger partial charge on any atom is 0.306 e. The molecule has 0 aliphatic heterocycles. The molecule has 0 saturated carbocycles. The first-order valence-corrected chi connectivity index (χ1v) is 26.4. The second-order valence-electron chi connectivity index (χ2n) is 17.4. The van der Waals surface area contributed by atoms with Crippen LogP contribution in [0.3, 0.4) is 0 Å². The van der Waals surface area contributed by atoms with Crippen molar-refractivity contribution < 1.29 is 28.6 Å². The molecule has 362 valence electrons. The molecule has 6 heteroatoms. The summed E-state index contributed by atoms with van der Waals surface area (Å²) < 4.78 is 16.8. The predicted octanol–water partition coefficient (Wildman–Crippen LogP) is 17.4. The van der Waals surface area contributed by atoms with Gasteiger partial charge in [-0.3, -0.25) is 14.4 Å². The van der Waals surface area contributed by atoms with E-state index in [0.29, 0.717) is 19.3 Å². The molecule has 0 aromatic carbocycles. The zero-order valence-corrected chi connectivity index (χ0v) is 41.3. The number of rotatable bonds is 47. The molecular weight excluding hydrogens is 781 g/mol. The van der Waals surface area contributed by atoms with Crippen LogP contribution in [0.4, 0.5) is 0 Å². The lowest BCUT2D eigenvalue weighted by Gasteiger charge is -2.18. The van der Waals surface area contributed by atoms with E-state index >= 15 is 0 Å². The van der Waals surface area contributed by atoms with Crippen molar-refractivity contribution >= 4 is 17.9 Å². The summed E-state index contributed by atoms with van der Waals surface area (Å²) in [5.74, 6) is -0.933. The van der Waals surface area contributed by atoms with Crippen LogP contribution in [0.15, 0.2) is 72.9 Å². The van der Waals surface area contributed by atoms with Crippen LogP contribution in [0.1, 0.15) is 252 Å². The van der Waals surface area contributed by atoms with Crippen LogP contribution in [0.25, 0.3) is 0 Å².